The van der Waals surface area contributed by atoms with Crippen LogP contribution >= 0.6 is 11.6 Å². The molecule has 13 heavy (non-hydrogen) atoms. The molecule has 0 aliphatic carbocycles. The number of halogens is 1. The molecular weight excluding hydrogens is 184 g/mol. The Labute approximate surface area is 83.7 Å². The molecule has 1 rings (SSSR count). The summed E-state index contributed by atoms with van der Waals surface area (Å²) in [7, 11) is 0. The number of Topliss-reactive ketones (excluding diaryl/α,β-unsaturated/α-hetero) is 1. The van der Waals surface area contributed by atoms with Gasteiger partial charge in [0.15, 0.2) is 0 Å². The minimum absolute atomic E-state index is 0.126. The second-order valence-electron chi connectivity index (χ2n) is 3.66. The highest BCUT2D eigenvalue weighted by Crippen LogP contribution is 2.30. The lowest BCUT2D eigenvalue weighted by Crippen LogP contribution is -2.26. The minimum atomic E-state index is -0.488. The lowest BCUT2D eigenvalue weighted by atomic mass is 9.81. The van der Waals surface area contributed by atoms with Gasteiger partial charge in [-0.25, -0.2) is 0 Å². The molecule has 2 heteroatoms. The van der Waals surface area contributed by atoms with Crippen LogP contribution < -0.4 is 0 Å². The van der Waals surface area contributed by atoms with Gasteiger partial charge in [0.2, 0.25) is 0 Å². The molecule has 1 aromatic rings. The first kappa shape index (κ1) is 10.3. The molecule has 0 unspecified atom stereocenters. The van der Waals surface area contributed by atoms with Crippen LogP contribution in [0.4, 0.5) is 0 Å². The summed E-state index contributed by atoms with van der Waals surface area (Å²) in [5.41, 5.74) is 0.405. The maximum absolute atomic E-state index is 11.4. The van der Waals surface area contributed by atoms with Crippen molar-refractivity contribution < 1.29 is 4.79 Å². The maximum Gasteiger partial charge on any atom is 0.139 e. The number of carbonyl (C=O) groups excluding carboxylic acids is 1. The van der Waals surface area contributed by atoms with Crippen molar-refractivity contribution in [1.82, 2.24) is 0 Å². The number of rotatable bonds is 2. The van der Waals surface area contributed by atoms with E-state index in [1.165, 1.54) is 0 Å². The Hall–Kier alpha value is -0.820. The van der Waals surface area contributed by atoms with Crippen LogP contribution in [-0.2, 0) is 10.2 Å². The van der Waals surface area contributed by atoms with E-state index in [2.05, 4.69) is 0 Å². The molecule has 0 N–H and O–H groups in total. The average molecular weight is 197 g/mol. The van der Waals surface area contributed by atoms with Crippen LogP contribution in [0.1, 0.15) is 26.3 Å². The topological polar surface area (TPSA) is 17.1 Å². The number of benzene rings is 1. The largest absolute Gasteiger partial charge is 0.299 e. The maximum atomic E-state index is 11.4. The summed E-state index contributed by atoms with van der Waals surface area (Å²) in [4.78, 5) is 11.4. The van der Waals surface area contributed by atoms with Gasteiger partial charge in [0, 0.05) is 10.4 Å². The van der Waals surface area contributed by atoms with E-state index in [0.29, 0.717) is 5.02 Å². The molecule has 1 aromatic carbocycles. The average Bonchev–Trinajstić information content (AvgIpc) is 2.04. The Kier molecular flexibility index (Phi) is 2.77. The second kappa shape index (κ2) is 3.51. The third-order valence-electron chi connectivity index (χ3n) is 2.43. The Balaban J connectivity index is 3.22. The van der Waals surface area contributed by atoms with Crippen LogP contribution in [0.25, 0.3) is 0 Å². The quantitative estimate of drug-likeness (QED) is 0.710. The third kappa shape index (κ3) is 1.92. The van der Waals surface area contributed by atoms with Crippen molar-refractivity contribution in [2.75, 3.05) is 0 Å². The zero-order chi connectivity index (χ0) is 10.1. The van der Waals surface area contributed by atoms with Gasteiger partial charge in [-0.05, 0) is 32.4 Å². The molecule has 0 aliphatic rings. The van der Waals surface area contributed by atoms with Crippen LogP contribution in [0.15, 0.2) is 24.3 Å². The van der Waals surface area contributed by atoms with Gasteiger partial charge in [-0.15, -0.1) is 0 Å². The van der Waals surface area contributed by atoms with Crippen molar-refractivity contribution in [3.05, 3.63) is 34.9 Å². The van der Waals surface area contributed by atoms with Gasteiger partial charge in [-0.1, -0.05) is 29.8 Å². The first-order valence-corrected chi connectivity index (χ1v) is 4.60. The Bertz CT molecular complexity index is 329. The van der Waals surface area contributed by atoms with Crippen LogP contribution in [0.3, 0.4) is 0 Å². The molecule has 0 atom stereocenters. The monoisotopic (exact) mass is 196 g/mol. The molecule has 0 saturated heterocycles. The highest BCUT2D eigenvalue weighted by Gasteiger charge is 2.27. The predicted molar refractivity (Wildman–Crippen MR) is 55.2 cm³/mol. The van der Waals surface area contributed by atoms with E-state index in [1.807, 2.05) is 38.1 Å². The molecule has 0 aromatic heterocycles. The van der Waals surface area contributed by atoms with Crippen molar-refractivity contribution in [2.45, 2.75) is 26.2 Å². The molecule has 0 amide bonds. The van der Waals surface area contributed by atoms with Gasteiger partial charge in [0.25, 0.3) is 0 Å². The molecule has 0 saturated carbocycles. The fourth-order valence-corrected chi connectivity index (χ4v) is 1.53. The first-order chi connectivity index (χ1) is 5.96. The molecule has 70 valence electrons. The van der Waals surface area contributed by atoms with Crippen LogP contribution in [-0.4, -0.2) is 5.78 Å². The summed E-state index contributed by atoms with van der Waals surface area (Å²) >= 11 is 6.00. The predicted octanol–water partition coefficient (Wildman–Crippen LogP) is 3.21. The minimum Gasteiger partial charge on any atom is -0.299 e. The van der Waals surface area contributed by atoms with E-state index < -0.39 is 5.41 Å². The smallest absolute Gasteiger partial charge is 0.139 e. The van der Waals surface area contributed by atoms with E-state index in [1.54, 1.807) is 6.92 Å². The van der Waals surface area contributed by atoms with Crippen LogP contribution in [0, 0.1) is 0 Å². The third-order valence-corrected chi connectivity index (χ3v) is 2.76. The summed E-state index contributed by atoms with van der Waals surface area (Å²) in [6, 6.07) is 7.46. The zero-order valence-electron chi connectivity index (χ0n) is 8.10. The van der Waals surface area contributed by atoms with E-state index in [9.17, 15) is 4.79 Å². The molecule has 0 aliphatic heterocycles. The first-order valence-electron chi connectivity index (χ1n) is 4.22. The molecule has 0 bridgehead atoms. The van der Waals surface area contributed by atoms with Crippen molar-refractivity contribution in [2.24, 2.45) is 0 Å². The number of hydrogen-bond acceptors (Lipinski definition) is 1. The lowest BCUT2D eigenvalue weighted by Gasteiger charge is -2.22. The Morgan fingerprint density at radius 1 is 1.31 bits per heavy atom. The van der Waals surface area contributed by atoms with Crippen molar-refractivity contribution in [1.29, 1.82) is 0 Å². The fraction of sp³-hybridized carbons (Fsp3) is 0.364. The summed E-state index contributed by atoms with van der Waals surface area (Å²) in [6.45, 7) is 5.36. The summed E-state index contributed by atoms with van der Waals surface area (Å²) < 4.78 is 0. The van der Waals surface area contributed by atoms with Gasteiger partial charge in [0.05, 0.1) is 0 Å². The number of carbonyl (C=O) groups is 1. The van der Waals surface area contributed by atoms with Crippen molar-refractivity contribution in [3.8, 4) is 0 Å². The van der Waals surface area contributed by atoms with Crippen LogP contribution in [0.2, 0.25) is 5.02 Å². The Morgan fingerprint density at radius 3 is 2.31 bits per heavy atom. The Morgan fingerprint density at radius 2 is 1.85 bits per heavy atom. The highest BCUT2D eigenvalue weighted by atomic mass is 35.5. The molecule has 1 nitrogen and oxygen atoms in total. The van der Waals surface area contributed by atoms with Gasteiger partial charge in [-0.3, -0.25) is 4.79 Å². The van der Waals surface area contributed by atoms with E-state index >= 15 is 0 Å². The van der Waals surface area contributed by atoms with E-state index in [-0.39, 0.29) is 5.78 Å². The van der Waals surface area contributed by atoms with Crippen molar-refractivity contribution >= 4 is 17.4 Å². The standard InChI is InChI=1S/C11H13ClO/c1-8(13)11(2,3)9-6-4-5-7-10(9)12/h4-7H,1-3H3. The van der Waals surface area contributed by atoms with Crippen molar-refractivity contribution in [3.63, 3.8) is 0 Å². The fourth-order valence-electron chi connectivity index (χ4n) is 1.16. The SMILES string of the molecule is CC(=O)C(C)(C)c1ccccc1Cl. The van der Waals surface area contributed by atoms with Gasteiger partial charge < -0.3 is 0 Å². The van der Waals surface area contributed by atoms with E-state index in [4.69, 9.17) is 11.6 Å². The highest BCUT2D eigenvalue weighted by molar-refractivity contribution is 6.31. The van der Waals surface area contributed by atoms with Gasteiger partial charge in [-0.2, -0.15) is 0 Å². The summed E-state index contributed by atoms with van der Waals surface area (Å²) in [6.07, 6.45) is 0. The van der Waals surface area contributed by atoms with Gasteiger partial charge >= 0.3 is 0 Å². The normalized spacial score (nSPS) is 11.4. The number of hydrogen-bond donors (Lipinski definition) is 0. The lowest BCUT2D eigenvalue weighted by molar-refractivity contribution is -0.121. The molecule has 0 spiro atoms. The molecular formula is C11H13ClO. The zero-order valence-corrected chi connectivity index (χ0v) is 8.85. The second-order valence-corrected chi connectivity index (χ2v) is 4.07. The summed E-state index contributed by atoms with van der Waals surface area (Å²) in [5.74, 6) is 0.126. The van der Waals surface area contributed by atoms with Gasteiger partial charge in [0.1, 0.15) is 5.78 Å². The summed E-state index contributed by atoms with van der Waals surface area (Å²) in [5, 5.41) is 0.655. The molecule has 0 fully saturated rings. The number of ketones is 1. The van der Waals surface area contributed by atoms with Crippen LogP contribution in [0.5, 0.6) is 0 Å². The molecule has 0 heterocycles. The molecule has 0 radical (unpaired) electrons. The van der Waals surface area contributed by atoms with E-state index in [0.717, 1.165) is 5.56 Å².